The normalized spacial score (nSPS) is 13.7. The Morgan fingerprint density at radius 3 is 2.50 bits per heavy atom. The van der Waals surface area contributed by atoms with E-state index in [1.807, 2.05) is 31.2 Å². The molecule has 1 heteroatoms. The van der Waals surface area contributed by atoms with Crippen molar-refractivity contribution in [2.45, 2.75) is 20.3 Å². The van der Waals surface area contributed by atoms with E-state index in [9.17, 15) is 0 Å². The molecule has 0 saturated carbocycles. The van der Waals surface area contributed by atoms with Gasteiger partial charge >= 0.3 is 0 Å². The fourth-order valence-electron chi connectivity index (χ4n) is 0.474. The fraction of sp³-hybridized carbons (Fsp3) is 0.333. The lowest BCUT2D eigenvalue weighted by atomic mass is 10.4. The van der Waals surface area contributed by atoms with E-state index in [1.54, 1.807) is 0 Å². The Morgan fingerprint density at radius 1 is 1.30 bits per heavy atom. The molecule has 0 heterocycles. The molecule has 0 aliphatic heterocycles. The molecule has 0 atom stereocenters. The Kier molecular flexibility index (Phi) is 6.40. The van der Waals surface area contributed by atoms with Crippen molar-refractivity contribution in [3.63, 3.8) is 0 Å². The standard InChI is InChI=1S/C9H14S/c1-3-4-5-6-7-8-9(2)10/h4-8,10H,3H2,1-2H3/b5-4+,7-6-,9-8+. The average Bonchev–Trinajstić information content (AvgIpc) is 1.87. The van der Waals surface area contributed by atoms with Crippen LogP contribution in [-0.4, -0.2) is 0 Å². The summed E-state index contributed by atoms with van der Waals surface area (Å²) < 4.78 is 0. The molecule has 0 bridgehead atoms. The van der Waals surface area contributed by atoms with Gasteiger partial charge in [0, 0.05) is 0 Å². The molecule has 0 nitrogen and oxygen atoms in total. The lowest BCUT2D eigenvalue weighted by Gasteiger charge is -1.79. The Balaban J connectivity index is 3.57. The van der Waals surface area contributed by atoms with E-state index in [0.29, 0.717) is 0 Å². The third-order valence-electron chi connectivity index (χ3n) is 0.931. The number of hydrogen-bond acceptors (Lipinski definition) is 1. The summed E-state index contributed by atoms with van der Waals surface area (Å²) in [5, 5.41) is 0. The van der Waals surface area contributed by atoms with Gasteiger partial charge < -0.3 is 0 Å². The van der Waals surface area contributed by atoms with Crippen LogP contribution in [0.25, 0.3) is 0 Å². The minimum atomic E-state index is 1.03. The summed E-state index contributed by atoms with van der Waals surface area (Å²) in [5.74, 6) is 0. The number of hydrogen-bond donors (Lipinski definition) is 1. The number of thiol groups is 1. The van der Waals surface area contributed by atoms with E-state index in [4.69, 9.17) is 0 Å². The summed E-state index contributed by atoms with van der Waals surface area (Å²) in [5.41, 5.74) is 0. The van der Waals surface area contributed by atoms with Crippen molar-refractivity contribution in [2.24, 2.45) is 0 Å². The van der Waals surface area contributed by atoms with E-state index in [0.717, 1.165) is 11.3 Å². The molecular weight excluding hydrogens is 140 g/mol. The van der Waals surface area contributed by atoms with Gasteiger partial charge in [-0.15, -0.1) is 12.6 Å². The zero-order valence-corrected chi connectivity index (χ0v) is 7.44. The lowest BCUT2D eigenvalue weighted by molar-refractivity contribution is 1.22. The molecule has 0 radical (unpaired) electrons. The van der Waals surface area contributed by atoms with Gasteiger partial charge in [-0.1, -0.05) is 37.3 Å². The van der Waals surface area contributed by atoms with Crippen LogP contribution >= 0.6 is 12.6 Å². The smallest absolute Gasteiger partial charge is 0.0215 e. The molecule has 0 aromatic carbocycles. The van der Waals surface area contributed by atoms with Crippen molar-refractivity contribution in [1.82, 2.24) is 0 Å². The summed E-state index contributed by atoms with van der Waals surface area (Å²) in [6, 6.07) is 0. The second-order valence-corrected chi connectivity index (χ2v) is 2.73. The van der Waals surface area contributed by atoms with Crippen LogP contribution in [0.4, 0.5) is 0 Å². The summed E-state index contributed by atoms with van der Waals surface area (Å²) >= 11 is 4.11. The molecule has 10 heavy (non-hydrogen) atoms. The lowest BCUT2D eigenvalue weighted by Crippen LogP contribution is -1.55. The van der Waals surface area contributed by atoms with E-state index in [-0.39, 0.29) is 0 Å². The maximum absolute atomic E-state index is 4.11. The largest absolute Gasteiger partial charge is 0.148 e. The maximum atomic E-state index is 4.11. The van der Waals surface area contributed by atoms with Crippen molar-refractivity contribution in [3.8, 4) is 0 Å². The van der Waals surface area contributed by atoms with Gasteiger partial charge in [-0.2, -0.15) is 0 Å². The van der Waals surface area contributed by atoms with Crippen LogP contribution in [-0.2, 0) is 0 Å². The van der Waals surface area contributed by atoms with E-state index < -0.39 is 0 Å². The van der Waals surface area contributed by atoms with Crippen molar-refractivity contribution in [3.05, 3.63) is 35.3 Å². The SMILES string of the molecule is CC/C=C/C=C\C=C(/C)S. The van der Waals surface area contributed by atoms with Crippen molar-refractivity contribution >= 4 is 12.6 Å². The third-order valence-corrected chi connectivity index (χ3v) is 1.08. The molecule has 0 aliphatic rings. The van der Waals surface area contributed by atoms with Gasteiger partial charge in [0.05, 0.1) is 0 Å². The first-order valence-corrected chi connectivity index (χ1v) is 3.91. The molecule has 0 rings (SSSR count). The van der Waals surface area contributed by atoms with Gasteiger partial charge in [-0.25, -0.2) is 0 Å². The van der Waals surface area contributed by atoms with Crippen LogP contribution in [0.15, 0.2) is 35.3 Å². The van der Waals surface area contributed by atoms with Crippen LogP contribution in [0, 0.1) is 0 Å². The topological polar surface area (TPSA) is 0 Å². The van der Waals surface area contributed by atoms with Crippen molar-refractivity contribution < 1.29 is 0 Å². The highest BCUT2D eigenvalue weighted by atomic mass is 32.1. The van der Waals surface area contributed by atoms with Crippen LogP contribution in [0.1, 0.15) is 20.3 Å². The Bertz CT molecular complexity index is 148. The first-order chi connectivity index (χ1) is 4.77. The second-order valence-electron chi connectivity index (χ2n) is 2.03. The molecule has 0 saturated heterocycles. The molecule has 0 N–H and O–H groups in total. The number of rotatable bonds is 3. The summed E-state index contributed by atoms with van der Waals surface area (Å²) in [4.78, 5) is 1.03. The maximum Gasteiger partial charge on any atom is -0.0215 e. The van der Waals surface area contributed by atoms with Gasteiger partial charge in [0.2, 0.25) is 0 Å². The zero-order chi connectivity index (χ0) is 7.82. The van der Waals surface area contributed by atoms with Crippen molar-refractivity contribution in [1.29, 1.82) is 0 Å². The Morgan fingerprint density at radius 2 is 2.00 bits per heavy atom. The molecule has 0 unspecified atom stereocenters. The van der Waals surface area contributed by atoms with Crippen LogP contribution < -0.4 is 0 Å². The third kappa shape index (κ3) is 7.57. The molecule has 56 valence electrons. The first-order valence-electron chi connectivity index (χ1n) is 3.46. The molecule has 0 aromatic rings. The van der Waals surface area contributed by atoms with Gasteiger partial charge in [-0.3, -0.25) is 0 Å². The van der Waals surface area contributed by atoms with Gasteiger partial charge in [-0.05, 0) is 18.2 Å². The Labute approximate surface area is 68.7 Å². The molecule has 0 aliphatic carbocycles. The quantitative estimate of drug-likeness (QED) is 0.468. The van der Waals surface area contributed by atoms with E-state index in [1.165, 1.54) is 0 Å². The predicted molar refractivity (Wildman–Crippen MR) is 51.3 cm³/mol. The minimum absolute atomic E-state index is 1.03. The highest BCUT2D eigenvalue weighted by Gasteiger charge is 1.68. The monoisotopic (exact) mass is 154 g/mol. The van der Waals surface area contributed by atoms with E-state index in [2.05, 4.69) is 25.6 Å². The van der Waals surface area contributed by atoms with Crippen molar-refractivity contribution in [2.75, 3.05) is 0 Å². The molecule has 0 amide bonds. The molecular formula is C9H14S. The second kappa shape index (κ2) is 6.69. The van der Waals surface area contributed by atoms with Crippen LogP contribution in [0.2, 0.25) is 0 Å². The molecule has 0 aromatic heterocycles. The summed E-state index contributed by atoms with van der Waals surface area (Å²) in [7, 11) is 0. The molecule has 0 fully saturated rings. The van der Waals surface area contributed by atoms with E-state index >= 15 is 0 Å². The fourth-order valence-corrected chi connectivity index (χ4v) is 0.560. The highest BCUT2D eigenvalue weighted by molar-refractivity contribution is 7.84. The minimum Gasteiger partial charge on any atom is -0.148 e. The number of allylic oxidation sites excluding steroid dienone is 6. The highest BCUT2D eigenvalue weighted by Crippen LogP contribution is 1.96. The van der Waals surface area contributed by atoms with Gasteiger partial charge in [0.25, 0.3) is 0 Å². The predicted octanol–water partition coefficient (Wildman–Crippen LogP) is 3.34. The molecule has 0 spiro atoms. The van der Waals surface area contributed by atoms with Crippen LogP contribution in [0.5, 0.6) is 0 Å². The van der Waals surface area contributed by atoms with Crippen LogP contribution in [0.3, 0.4) is 0 Å². The first kappa shape index (κ1) is 9.57. The summed E-state index contributed by atoms with van der Waals surface area (Å²) in [6.45, 7) is 4.07. The Hall–Kier alpha value is -0.430. The summed E-state index contributed by atoms with van der Waals surface area (Å²) in [6.07, 6.45) is 11.2. The van der Waals surface area contributed by atoms with Gasteiger partial charge in [0.15, 0.2) is 0 Å². The zero-order valence-electron chi connectivity index (χ0n) is 6.54. The average molecular weight is 154 g/mol. The van der Waals surface area contributed by atoms with Gasteiger partial charge in [0.1, 0.15) is 0 Å².